The van der Waals surface area contributed by atoms with Crippen molar-refractivity contribution in [2.45, 2.75) is 40.0 Å². The molecule has 0 spiro atoms. The predicted molar refractivity (Wildman–Crippen MR) is 181 cm³/mol. The Morgan fingerprint density at radius 1 is 0.708 bits per heavy atom. The van der Waals surface area contributed by atoms with Crippen molar-refractivity contribution in [2.75, 3.05) is 33.8 Å². The third-order valence-electron chi connectivity index (χ3n) is 7.77. The number of benzene rings is 3. The predicted octanol–water partition coefficient (Wildman–Crippen LogP) is 6.10. The summed E-state index contributed by atoms with van der Waals surface area (Å²) in [5.74, 6) is 2.68. The molecule has 13 nitrogen and oxygen atoms in total. The van der Waals surface area contributed by atoms with E-state index in [1.807, 2.05) is 25.1 Å². The van der Waals surface area contributed by atoms with Crippen molar-refractivity contribution in [3.05, 3.63) is 89.5 Å². The number of methoxy groups -OCH3 is 4. The van der Waals surface area contributed by atoms with Crippen LogP contribution in [-0.2, 0) is 5.41 Å². The van der Waals surface area contributed by atoms with Gasteiger partial charge in [0, 0.05) is 23.9 Å². The summed E-state index contributed by atoms with van der Waals surface area (Å²) < 4.78 is 31.2. The van der Waals surface area contributed by atoms with Gasteiger partial charge in [-0.15, -0.1) is 10.2 Å². The molecule has 0 atom stereocenters. The van der Waals surface area contributed by atoms with Crippen molar-refractivity contribution in [1.29, 1.82) is 0 Å². The first kappa shape index (κ1) is 33.5. The first-order chi connectivity index (χ1) is 22.9. The molecule has 0 aliphatic rings. The van der Waals surface area contributed by atoms with Crippen LogP contribution in [0.1, 0.15) is 53.9 Å². The second kappa shape index (κ2) is 13.5. The lowest BCUT2D eigenvalue weighted by atomic mass is 9.86. The average Bonchev–Trinajstić information content (AvgIpc) is 3.65. The minimum atomic E-state index is -0.442. The van der Waals surface area contributed by atoms with Gasteiger partial charge in [0.25, 0.3) is 5.91 Å². The maximum atomic E-state index is 13.6. The van der Waals surface area contributed by atoms with Crippen molar-refractivity contribution in [2.24, 2.45) is 0 Å². The van der Waals surface area contributed by atoms with Gasteiger partial charge in [0.2, 0.25) is 0 Å². The highest BCUT2D eigenvalue weighted by atomic mass is 16.5. The lowest BCUT2D eigenvalue weighted by Crippen LogP contribution is -2.16. The van der Waals surface area contributed by atoms with Crippen LogP contribution in [0.3, 0.4) is 0 Å². The van der Waals surface area contributed by atoms with Gasteiger partial charge in [0.05, 0.1) is 39.8 Å². The molecule has 48 heavy (non-hydrogen) atoms. The average molecular weight is 654 g/mol. The van der Waals surface area contributed by atoms with E-state index in [9.17, 15) is 4.79 Å². The van der Waals surface area contributed by atoms with Crippen LogP contribution < -0.4 is 29.0 Å². The van der Waals surface area contributed by atoms with Crippen molar-refractivity contribution >= 4 is 17.4 Å². The zero-order valence-electron chi connectivity index (χ0n) is 28.5. The molecule has 5 aromatic rings. The van der Waals surface area contributed by atoms with Gasteiger partial charge in [-0.05, 0) is 61.2 Å². The molecule has 1 N–H and O–H groups in total. The van der Waals surface area contributed by atoms with E-state index in [4.69, 9.17) is 23.7 Å². The first-order valence-corrected chi connectivity index (χ1v) is 15.0. The Hall–Kier alpha value is -5.85. The highest BCUT2D eigenvalue weighted by molar-refractivity contribution is 6.03. The van der Waals surface area contributed by atoms with Crippen molar-refractivity contribution < 1.29 is 28.5 Å². The largest absolute Gasteiger partial charge is 0.497 e. The number of hydrogen-bond donors (Lipinski definition) is 1. The minimum absolute atomic E-state index is 0.146. The van der Waals surface area contributed by atoms with Gasteiger partial charge < -0.3 is 29.0 Å². The van der Waals surface area contributed by atoms with E-state index < -0.39 is 5.91 Å². The molecular weight excluding hydrogens is 614 g/mol. The molecule has 250 valence electrons. The van der Waals surface area contributed by atoms with Gasteiger partial charge in [-0.2, -0.15) is 0 Å². The summed E-state index contributed by atoms with van der Waals surface area (Å²) in [5, 5.41) is 20.1. The molecule has 0 radical (unpaired) electrons. The summed E-state index contributed by atoms with van der Waals surface area (Å²) in [7, 11) is 6.30. The smallest absolute Gasteiger partial charge is 0.278 e. The van der Waals surface area contributed by atoms with E-state index in [0.29, 0.717) is 62.9 Å². The Morgan fingerprint density at radius 2 is 1.23 bits per heavy atom. The third kappa shape index (κ3) is 6.66. The van der Waals surface area contributed by atoms with Crippen LogP contribution in [0.5, 0.6) is 28.7 Å². The van der Waals surface area contributed by atoms with Crippen LogP contribution in [0, 0.1) is 13.8 Å². The number of ether oxygens (including phenoxy) is 5. The standard InChI is InChI=1S/C35H39N7O6/c1-20-32(37-39-41(20)28-18-25(44-7)11-13-30(28)46-9)22(3)48-27-16-23(35(4,5)6)15-24(17-27)36-34(43)33-21(2)42(40-38-33)29-19-26(45-8)12-14-31(29)47-10/h11-19H,3H2,1-2,4-10H3,(H,36,43). The number of hydrogen-bond acceptors (Lipinski definition) is 10. The van der Waals surface area contributed by atoms with E-state index in [1.165, 1.54) is 4.68 Å². The van der Waals surface area contributed by atoms with E-state index in [2.05, 4.69) is 53.3 Å². The Bertz CT molecular complexity index is 1860. The third-order valence-corrected chi connectivity index (χ3v) is 7.77. The molecular formula is C35H39N7O6. The SMILES string of the molecule is C=C(Oc1cc(NC(=O)c2nnn(-c3cc(OC)ccc3OC)c2C)cc(C(C)(C)C)c1)c1nnn(-c2cc(OC)ccc2OC)c1C. The second-order valence-corrected chi connectivity index (χ2v) is 11.9. The van der Waals surface area contributed by atoms with Crippen molar-refractivity contribution in [3.63, 3.8) is 0 Å². The number of carbonyl (C=O) groups excluding carboxylic acids is 1. The van der Waals surface area contributed by atoms with Gasteiger partial charge in [-0.1, -0.05) is 37.8 Å². The Balaban J connectivity index is 1.43. The molecule has 0 saturated carbocycles. The maximum absolute atomic E-state index is 13.6. The summed E-state index contributed by atoms with van der Waals surface area (Å²) in [6.07, 6.45) is 0. The van der Waals surface area contributed by atoms with Crippen LogP contribution in [0.15, 0.2) is 61.2 Å². The number of nitrogens with one attached hydrogen (secondary N) is 1. The number of nitrogens with zero attached hydrogens (tertiary/aromatic N) is 6. The molecule has 0 saturated heterocycles. The molecule has 1 amide bonds. The fraction of sp³-hybridized carbons (Fsp3) is 0.286. The number of amides is 1. The van der Waals surface area contributed by atoms with Gasteiger partial charge in [-0.25, -0.2) is 9.36 Å². The zero-order valence-corrected chi connectivity index (χ0v) is 28.5. The summed E-state index contributed by atoms with van der Waals surface area (Å²) in [6.45, 7) is 14.0. The summed E-state index contributed by atoms with van der Waals surface area (Å²) in [5.41, 5.74) is 4.18. The normalized spacial score (nSPS) is 11.2. The molecule has 0 aliphatic heterocycles. The quantitative estimate of drug-likeness (QED) is 0.167. The van der Waals surface area contributed by atoms with Gasteiger partial charge in [-0.3, -0.25) is 4.79 Å². The van der Waals surface area contributed by atoms with E-state index in [0.717, 1.165) is 5.56 Å². The summed E-state index contributed by atoms with van der Waals surface area (Å²) >= 11 is 0. The Kier molecular flexibility index (Phi) is 9.41. The fourth-order valence-electron chi connectivity index (χ4n) is 5.05. The monoisotopic (exact) mass is 653 g/mol. The van der Waals surface area contributed by atoms with Crippen molar-refractivity contribution in [3.8, 4) is 40.1 Å². The summed E-state index contributed by atoms with van der Waals surface area (Å²) in [6, 6.07) is 16.2. The Labute approximate surface area is 279 Å². The van der Waals surface area contributed by atoms with Crippen LogP contribution in [-0.4, -0.2) is 64.3 Å². The molecule has 0 bridgehead atoms. The highest BCUT2D eigenvalue weighted by Crippen LogP contribution is 2.34. The van der Waals surface area contributed by atoms with Gasteiger partial charge in [0.1, 0.15) is 45.9 Å². The van der Waals surface area contributed by atoms with Crippen LogP contribution in [0.4, 0.5) is 5.69 Å². The zero-order chi connectivity index (χ0) is 34.7. The first-order valence-electron chi connectivity index (χ1n) is 15.0. The number of anilines is 1. The van der Waals surface area contributed by atoms with E-state index in [-0.39, 0.29) is 16.9 Å². The summed E-state index contributed by atoms with van der Waals surface area (Å²) in [4.78, 5) is 13.6. The molecule has 0 unspecified atom stereocenters. The van der Waals surface area contributed by atoms with Crippen LogP contribution in [0.25, 0.3) is 17.1 Å². The molecule has 3 aromatic carbocycles. The molecule has 0 fully saturated rings. The molecule has 2 heterocycles. The van der Waals surface area contributed by atoms with E-state index in [1.54, 1.807) is 76.4 Å². The minimum Gasteiger partial charge on any atom is -0.497 e. The highest BCUT2D eigenvalue weighted by Gasteiger charge is 2.23. The fourth-order valence-corrected chi connectivity index (χ4v) is 5.05. The maximum Gasteiger partial charge on any atom is 0.278 e. The van der Waals surface area contributed by atoms with Crippen LogP contribution in [0.2, 0.25) is 0 Å². The van der Waals surface area contributed by atoms with Crippen molar-refractivity contribution in [1.82, 2.24) is 30.0 Å². The van der Waals surface area contributed by atoms with E-state index >= 15 is 0 Å². The number of carbonyl (C=O) groups is 1. The lowest BCUT2D eigenvalue weighted by molar-refractivity contribution is 0.102. The Morgan fingerprint density at radius 3 is 1.73 bits per heavy atom. The lowest BCUT2D eigenvalue weighted by Gasteiger charge is -2.21. The van der Waals surface area contributed by atoms with Gasteiger partial charge in [0.15, 0.2) is 11.4 Å². The molecule has 13 heteroatoms. The number of rotatable bonds is 11. The molecule has 0 aliphatic carbocycles. The molecule has 5 rings (SSSR count). The molecule has 2 aromatic heterocycles. The van der Waals surface area contributed by atoms with Gasteiger partial charge >= 0.3 is 0 Å². The topological polar surface area (TPSA) is 137 Å². The number of aromatic nitrogens is 6. The van der Waals surface area contributed by atoms with Crippen LogP contribution >= 0.6 is 0 Å². The second-order valence-electron chi connectivity index (χ2n) is 11.9.